The highest BCUT2D eigenvalue weighted by atomic mass is 32.2. The minimum Gasteiger partial charge on any atom is -0.366 e. The van der Waals surface area contributed by atoms with Gasteiger partial charge in [-0.2, -0.15) is 0 Å². The largest absolute Gasteiger partial charge is 0.366 e. The van der Waals surface area contributed by atoms with Crippen LogP contribution in [0, 0.1) is 0 Å². The Labute approximate surface area is 114 Å². The number of benzene rings is 1. The van der Waals surface area contributed by atoms with Crippen LogP contribution in [0.3, 0.4) is 0 Å². The molecule has 1 aromatic rings. The number of nitrogens with zero attached hydrogens (tertiary/aromatic N) is 1. The van der Waals surface area contributed by atoms with E-state index in [1.54, 1.807) is 18.2 Å². The summed E-state index contributed by atoms with van der Waals surface area (Å²) >= 11 is 1.48. The van der Waals surface area contributed by atoms with Crippen molar-refractivity contribution in [2.24, 2.45) is 5.73 Å². The monoisotopic (exact) mass is 279 g/mol. The summed E-state index contributed by atoms with van der Waals surface area (Å²) < 4.78 is 0. The standard InChI is InChI=1S/C12H13N3O3S/c13-12(18)8-2-1-3-9(4-8)14-10(16)5-15-7-19-6-11(15)17/h1-4H,5-7H2,(H2,13,18)(H,14,16). The molecular weight excluding hydrogens is 266 g/mol. The smallest absolute Gasteiger partial charge is 0.248 e. The molecule has 7 heteroatoms. The van der Waals surface area contributed by atoms with Crippen LogP contribution in [0.1, 0.15) is 10.4 Å². The number of primary amides is 1. The Morgan fingerprint density at radius 1 is 1.42 bits per heavy atom. The van der Waals surface area contributed by atoms with Crippen LogP contribution in [0.5, 0.6) is 0 Å². The van der Waals surface area contributed by atoms with Crippen LogP contribution in [0.2, 0.25) is 0 Å². The Kier molecular flexibility index (Phi) is 4.06. The third-order valence-corrected chi connectivity index (χ3v) is 3.54. The van der Waals surface area contributed by atoms with Crippen molar-refractivity contribution in [3.63, 3.8) is 0 Å². The summed E-state index contributed by atoms with van der Waals surface area (Å²) in [5, 5.41) is 2.63. The molecule has 1 saturated heterocycles. The molecule has 0 unspecified atom stereocenters. The predicted octanol–water partition coefficient (Wildman–Crippen LogP) is 0.257. The zero-order valence-corrected chi connectivity index (χ0v) is 10.9. The lowest BCUT2D eigenvalue weighted by Gasteiger charge is -2.14. The lowest BCUT2D eigenvalue weighted by atomic mass is 10.2. The van der Waals surface area contributed by atoms with Crippen molar-refractivity contribution in [2.45, 2.75) is 0 Å². The number of amides is 3. The Hall–Kier alpha value is -2.02. The number of anilines is 1. The van der Waals surface area contributed by atoms with Gasteiger partial charge in [-0.25, -0.2) is 0 Å². The van der Waals surface area contributed by atoms with Gasteiger partial charge < -0.3 is 16.0 Å². The molecule has 3 amide bonds. The minimum atomic E-state index is -0.554. The van der Waals surface area contributed by atoms with Crippen LogP contribution in [0.25, 0.3) is 0 Å². The molecule has 2 rings (SSSR count). The molecule has 1 aromatic carbocycles. The highest BCUT2D eigenvalue weighted by molar-refractivity contribution is 8.00. The molecule has 0 bridgehead atoms. The fraction of sp³-hybridized carbons (Fsp3) is 0.250. The number of hydrogen-bond donors (Lipinski definition) is 2. The molecule has 1 heterocycles. The molecule has 0 atom stereocenters. The molecule has 0 radical (unpaired) electrons. The molecular formula is C12H13N3O3S. The number of thioether (sulfide) groups is 1. The van der Waals surface area contributed by atoms with E-state index in [-0.39, 0.29) is 18.4 Å². The van der Waals surface area contributed by atoms with Gasteiger partial charge in [-0.15, -0.1) is 11.8 Å². The third kappa shape index (κ3) is 3.47. The quantitative estimate of drug-likeness (QED) is 0.826. The van der Waals surface area contributed by atoms with E-state index in [2.05, 4.69) is 5.32 Å². The first kappa shape index (κ1) is 13.4. The highest BCUT2D eigenvalue weighted by Crippen LogP contribution is 2.15. The van der Waals surface area contributed by atoms with Crippen LogP contribution < -0.4 is 11.1 Å². The maximum atomic E-state index is 11.8. The maximum absolute atomic E-state index is 11.8. The van der Waals surface area contributed by atoms with Crippen molar-refractivity contribution in [1.29, 1.82) is 0 Å². The lowest BCUT2D eigenvalue weighted by molar-refractivity contribution is -0.130. The first-order valence-corrected chi connectivity index (χ1v) is 6.77. The maximum Gasteiger partial charge on any atom is 0.248 e. The van der Waals surface area contributed by atoms with E-state index in [0.717, 1.165) is 0 Å². The number of carbonyl (C=O) groups excluding carboxylic acids is 3. The molecule has 6 nitrogen and oxygen atoms in total. The minimum absolute atomic E-state index is 0.0205. The number of carbonyl (C=O) groups is 3. The molecule has 1 fully saturated rings. The summed E-state index contributed by atoms with van der Waals surface area (Å²) in [5.74, 6) is 0.0728. The van der Waals surface area contributed by atoms with Crippen molar-refractivity contribution in [1.82, 2.24) is 4.90 Å². The second-order valence-corrected chi connectivity index (χ2v) is 5.02. The van der Waals surface area contributed by atoms with E-state index in [1.807, 2.05) is 0 Å². The van der Waals surface area contributed by atoms with Crippen molar-refractivity contribution in [3.05, 3.63) is 29.8 Å². The molecule has 0 spiro atoms. The Balaban J connectivity index is 1.97. The molecule has 1 aliphatic heterocycles. The lowest BCUT2D eigenvalue weighted by Crippen LogP contribution is -2.34. The van der Waals surface area contributed by atoms with Gasteiger partial charge in [0.1, 0.15) is 6.54 Å². The zero-order valence-electron chi connectivity index (χ0n) is 10.1. The van der Waals surface area contributed by atoms with Gasteiger partial charge in [0.05, 0.1) is 11.6 Å². The third-order valence-electron chi connectivity index (χ3n) is 2.59. The summed E-state index contributed by atoms with van der Waals surface area (Å²) in [7, 11) is 0. The van der Waals surface area contributed by atoms with Crippen LogP contribution in [0.4, 0.5) is 5.69 Å². The topological polar surface area (TPSA) is 92.5 Å². The van der Waals surface area contributed by atoms with Crippen LogP contribution >= 0.6 is 11.8 Å². The van der Waals surface area contributed by atoms with Crippen molar-refractivity contribution >= 4 is 35.2 Å². The molecule has 3 N–H and O–H groups in total. The van der Waals surface area contributed by atoms with Gasteiger partial charge in [0.2, 0.25) is 17.7 Å². The SMILES string of the molecule is NC(=O)c1cccc(NC(=O)CN2CSCC2=O)c1. The first-order chi connectivity index (χ1) is 9.06. The van der Waals surface area contributed by atoms with E-state index in [9.17, 15) is 14.4 Å². The van der Waals surface area contributed by atoms with Crippen molar-refractivity contribution in [3.8, 4) is 0 Å². The summed E-state index contributed by atoms with van der Waals surface area (Å²) in [6.07, 6.45) is 0. The van der Waals surface area contributed by atoms with Gasteiger partial charge in [-0.05, 0) is 18.2 Å². The van der Waals surface area contributed by atoms with E-state index in [1.165, 1.54) is 22.7 Å². The first-order valence-electron chi connectivity index (χ1n) is 5.61. The van der Waals surface area contributed by atoms with Gasteiger partial charge in [-0.3, -0.25) is 14.4 Å². The highest BCUT2D eigenvalue weighted by Gasteiger charge is 2.22. The molecule has 0 aliphatic carbocycles. The van der Waals surface area contributed by atoms with Crippen molar-refractivity contribution < 1.29 is 14.4 Å². The average Bonchev–Trinajstić information content (AvgIpc) is 2.75. The zero-order chi connectivity index (χ0) is 13.8. The summed E-state index contributed by atoms with van der Waals surface area (Å²) in [5.41, 5.74) is 5.97. The molecule has 19 heavy (non-hydrogen) atoms. The summed E-state index contributed by atoms with van der Waals surface area (Å²) in [6.45, 7) is 0.0205. The van der Waals surface area contributed by atoms with Crippen molar-refractivity contribution in [2.75, 3.05) is 23.5 Å². The second kappa shape index (κ2) is 5.75. The van der Waals surface area contributed by atoms with Gasteiger partial charge in [-0.1, -0.05) is 6.07 Å². The molecule has 0 aromatic heterocycles. The van der Waals surface area contributed by atoms with E-state index < -0.39 is 5.91 Å². The fourth-order valence-corrected chi connectivity index (χ4v) is 2.57. The summed E-state index contributed by atoms with van der Waals surface area (Å²) in [6, 6.07) is 6.36. The molecule has 0 saturated carbocycles. The van der Waals surface area contributed by atoms with E-state index in [0.29, 0.717) is 22.9 Å². The van der Waals surface area contributed by atoms with Crippen LogP contribution in [0.15, 0.2) is 24.3 Å². The van der Waals surface area contributed by atoms with E-state index in [4.69, 9.17) is 5.73 Å². The summed E-state index contributed by atoms with van der Waals surface area (Å²) in [4.78, 5) is 35.6. The number of nitrogens with two attached hydrogens (primary N) is 1. The molecule has 1 aliphatic rings. The predicted molar refractivity (Wildman–Crippen MR) is 72.6 cm³/mol. The van der Waals surface area contributed by atoms with Gasteiger partial charge in [0, 0.05) is 11.3 Å². The Bertz CT molecular complexity index is 533. The number of rotatable bonds is 4. The normalized spacial score (nSPS) is 14.5. The second-order valence-electron chi connectivity index (χ2n) is 4.06. The number of nitrogens with one attached hydrogen (secondary N) is 1. The number of hydrogen-bond acceptors (Lipinski definition) is 4. The van der Waals surface area contributed by atoms with Gasteiger partial charge in [0.15, 0.2) is 0 Å². The van der Waals surface area contributed by atoms with Gasteiger partial charge in [0.25, 0.3) is 0 Å². The van der Waals surface area contributed by atoms with Crippen LogP contribution in [-0.4, -0.2) is 40.8 Å². The van der Waals surface area contributed by atoms with Crippen LogP contribution in [-0.2, 0) is 9.59 Å². The average molecular weight is 279 g/mol. The van der Waals surface area contributed by atoms with Gasteiger partial charge >= 0.3 is 0 Å². The molecule has 100 valence electrons. The van der Waals surface area contributed by atoms with E-state index >= 15 is 0 Å². The fourth-order valence-electron chi connectivity index (χ4n) is 1.66. The Morgan fingerprint density at radius 2 is 2.21 bits per heavy atom. The Morgan fingerprint density at radius 3 is 2.84 bits per heavy atom.